The Hall–Kier alpha value is -2.94. The van der Waals surface area contributed by atoms with Crippen LogP contribution >= 0.6 is 0 Å². The number of benzene rings is 2. The van der Waals surface area contributed by atoms with Gasteiger partial charge in [0, 0.05) is 11.3 Å². The molecule has 0 aliphatic rings. The zero-order valence-corrected chi connectivity index (χ0v) is 14.8. The molecule has 0 radical (unpaired) electrons. The molecular formula is C16H19N3O5S. The van der Waals surface area contributed by atoms with Gasteiger partial charge in [-0.1, -0.05) is 0 Å². The van der Waals surface area contributed by atoms with E-state index in [1.54, 1.807) is 12.1 Å². The average molecular weight is 365 g/mol. The van der Waals surface area contributed by atoms with E-state index in [0.717, 1.165) is 0 Å². The smallest absolute Gasteiger partial charge is 0.276 e. The highest BCUT2D eigenvalue weighted by molar-refractivity contribution is 7.89. The number of anilines is 1. The zero-order valence-electron chi connectivity index (χ0n) is 14.0. The zero-order chi connectivity index (χ0) is 18.4. The van der Waals surface area contributed by atoms with Gasteiger partial charge in [-0.25, -0.2) is 4.83 Å². The molecule has 0 aliphatic carbocycles. The first-order valence-corrected chi connectivity index (χ1v) is 8.60. The molecule has 0 spiro atoms. The van der Waals surface area contributed by atoms with E-state index in [-0.39, 0.29) is 4.90 Å². The van der Waals surface area contributed by atoms with E-state index in [2.05, 4.69) is 9.93 Å². The van der Waals surface area contributed by atoms with E-state index in [9.17, 15) is 8.42 Å². The Bertz CT molecular complexity index is 839. The van der Waals surface area contributed by atoms with Gasteiger partial charge in [-0.3, -0.25) is 0 Å². The van der Waals surface area contributed by atoms with Crippen LogP contribution < -0.4 is 24.8 Å². The van der Waals surface area contributed by atoms with Gasteiger partial charge in [-0.2, -0.15) is 13.5 Å². The van der Waals surface area contributed by atoms with Gasteiger partial charge in [0.1, 0.15) is 0 Å². The third-order valence-electron chi connectivity index (χ3n) is 3.26. The normalized spacial score (nSPS) is 11.3. The fourth-order valence-corrected chi connectivity index (χ4v) is 2.84. The molecule has 0 atom stereocenters. The summed E-state index contributed by atoms with van der Waals surface area (Å²) in [6, 6.07) is 9.07. The molecule has 0 fully saturated rings. The van der Waals surface area contributed by atoms with Crippen LogP contribution in [0, 0.1) is 0 Å². The van der Waals surface area contributed by atoms with E-state index in [4.69, 9.17) is 19.9 Å². The first kappa shape index (κ1) is 18.4. The number of nitrogens with two attached hydrogens (primary N) is 1. The number of hydrogen-bond donors (Lipinski definition) is 2. The van der Waals surface area contributed by atoms with Crippen molar-refractivity contribution in [2.75, 3.05) is 27.1 Å². The lowest BCUT2D eigenvalue weighted by atomic mass is 10.2. The minimum Gasteiger partial charge on any atom is -0.493 e. The molecule has 0 saturated carbocycles. The third kappa shape index (κ3) is 4.32. The highest BCUT2D eigenvalue weighted by atomic mass is 32.2. The lowest BCUT2D eigenvalue weighted by molar-refractivity contribution is 0.324. The standard InChI is InChI=1S/C16H19N3O5S/c1-22-14-8-11(9-15(23-2)16(14)24-3)10-18-19-25(20,21)13-6-4-12(17)5-7-13/h4-10,19H,17H2,1-3H3/b18-10-. The summed E-state index contributed by atoms with van der Waals surface area (Å²) in [6.45, 7) is 0. The molecule has 2 aromatic carbocycles. The largest absolute Gasteiger partial charge is 0.493 e. The molecule has 0 amide bonds. The predicted octanol–water partition coefficient (Wildman–Crippen LogP) is 1.61. The summed E-state index contributed by atoms with van der Waals surface area (Å²) in [5.41, 5.74) is 6.58. The lowest BCUT2D eigenvalue weighted by Crippen LogP contribution is -2.18. The van der Waals surface area contributed by atoms with Crippen molar-refractivity contribution in [3.8, 4) is 17.2 Å². The van der Waals surface area contributed by atoms with Crippen molar-refractivity contribution in [1.82, 2.24) is 4.83 Å². The van der Waals surface area contributed by atoms with Crippen molar-refractivity contribution in [3.05, 3.63) is 42.0 Å². The summed E-state index contributed by atoms with van der Waals surface area (Å²) >= 11 is 0. The van der Waals surface area contributed by atoms with Crippen LogP contribution in [-0.4, -0.2) is 36.0 Å². The van der Waals surface area contributed by atoms with Crippen LogP contribution in [0.25, 0.3) is 0 Å². The summed E-state index contributed by atoms with van der Waals surface area (Å²) in [4.78, 5) is 2.19. The van der Waals surface area contributed by atoms with E-state index in [0.29, 0.717) is 28.5 Å². The van der Waals surface area contributed by atoms with E-state index < -0.39 is 10.0 Å². The minimum absolute atomic E-state index is 0.0590. The fraction of sp³-hybridized carbons (Fsp3) is 0.188. The molecule has 2 aromatic rings. The van der Waals surface area contributed by atoms with Crippen LogP contribution in [0.3, 0.4) is 0 Å². The van der Waals surface area contributed by atoms with Crippen molar-refractivity contribution in [2.24, 2.45) is 5.10 Å². The maximum atomic E-state index is 12.1. The SMILES string of the molecule is COc1cc(/C=N\NS(=O)(=O)c2ccc(N)cc2)cc(OC)c1OC. The molecule has 0 aromatic heterocycles. The molecule has 0 heterocycles. The van der Waals surface area contributed by atoms with E-state index in [1.165, 1.54) is 51.8 Å². The molecule has 134 valence electrons. The van der Waals surface area contributed by atoms with Crippen molar-refractivity contribution >= 4 is 21.9 Å². The fourth-order valence-electron chi connectivity index (χ4n) is 2.05. The highest BCUT2D eigenvalue weighted by Gasteiger charge is 2.14. The van der Waals surface area contributed by atoms with E-state index >= 15 is 0 Å². The Morgan fingerprint density at radius 3 is 2.04 bits per heavy atom. The molecule has 2 rings (SSSR count). The summed E-state index contributed by atoms with van der Waals surface area (Å²) in [6.07, 6.45) is 1.33. The Morgan fingerprint density at radius 1 is 1.00 bits per heavy atom. The van der Waals surface area contributed by atoms with Crippen LogP contribution in [0.1, 0.15) is 5.56 Å². The number of hydrogen-bond acceptors (Lipinski definition) is 7. The lowest BCUT2D eigenvalue weighted by Gasteiger charge is -2.12. The monoisotopic (exact) mass is 365 g/mol. The molecule has 0 bridgehead atoms. The van der Waals surface area contributed by atoms with Crippen molar-refractivity contribution in [1.29, 1.82) is 0 Å². The number of ether oxygens (including phenoxy) is 3. The molecule has 3 N–H and O–H groups in total. The van der Waals surface area contributed by atoms with Gasteiger partial charge in [0.2, 0.25) is 5.75 Å². The second-order valence-electron chi connectivity index (χ2n) is 4.88. The Kier molecular flexibility index (Phi) is 5.71. The molecular weight excluding hydrogens is 346 g/mol. The number of sulfonamides is 1. The van der Waals surface area contributed by atoms with Crippen molar-refractivity contribution in [2.45, 2.75) is 4.90 Å². The van der Waals surface area contributed by atoms with Crippen LogP contribution in [0.4, 0.5) is 5.69 Å². The van der Waals surface area contributed by atoms with Gasteiger partial charge >= 0.3 is 0 Å². The number of methoxy groups -OCH3 is 3. The van der Waals surface area contributed by atoms with Gasteiger partial charge in [0.05, 0.1) is 32.4 Å². The summed E-state index contributed by atoms with van der Waals surface area (Å²) in [5.74, 6) is 1.30. The molecule has 0 aliphatic heterocycles. The van der Waals surface area contributed by atoms with Crippen LogP contribution in [0.2, 0.25) is 0 Å². The molecule has 0 unspecified atom stereocenters. The first-order chi connectivity index (χ1) is 11.9. The number of nitrogens with zero attached hydrogens (tertiary/aromatic N) is 1. The number of hydrazone groups is 1. The molecule has 0 saturated heterocycles. The highest BCUT2D eigenvalue weighted by Crippen LogP contribution is 2.37. The maximum Gasteiger partial charge on any atom is 0.276 e. The summed E-state index contributed by atoms with van der Waals surface area (Å²) in [7, 11) is 0.689. The predicted molar refractivity (Wildman–Crippen MR) is 94.9 cm³/mol. The van der Waals surface area contributed by atoms with Gasteiger partial charge in [-0.15, -0.1) is 0 Å². The van der Waals surface area contributed by atoms with Crippen LogP contribution in [0.5, 0.6) is 17.2 Å². The number of nitrogen functional groups attached to an aromatic ring is 1. The Labute approximate surface area is 146 Å². The second kappa shape index (κ2) is 7.75. The van der Waals surface area contributed by atoms with Crippen molar-refractivity contribution in [3.63, 3.8) is 0 Å². The molecule has 8 nitrogen and oxygen atoms in total. The van der Waals surface area contributed by atoms with Gasteiger partial charge < -0.3 is 19.9 Å². The van der Waals surface area contributed by atoms with Crippen molar-refractivity contribution < 1.29 is 22.6 Å². The van der Waals surface area contributed by atoms with Gasteiger partial charge in [0.25, 0.3) is 10.0 Å². The molecule has 9 heteroatoms. The topological polar surface area (TPSA) is 112 Å². The van der Waals surface area contributed by atoms with E-state index in [1.807, 2.05) is 0 Å². The second-order valence-corrected chi connectivity index (χ2v) is 6.54. The van der Waals surface area contributed by atoms with Crippen LogP contribution in [0.15, 0.2) is 46.4 Å². The Morgan fingerprint density at radius 2 is 1.56 bits per heavy atom. The Balaban J connectivity index is 2.23. The van der Waals surface area contributed by atoms with Crippen LogP contribution in [-0.2, 0) is 10.0 Å². The number of nitrogens with one attached hydrogen (secondary N) is 1. The minimum atomic E-state index is -3.78. The quantitative estimate of drug-likeness (QED) is 0.438. The molecule has 25 heavy (non-hydrogen) atoms. The van der Waals surface area contributed by atoms with Gasteiger partial charge in [0.15, 0.2) is 11.5 Å². The summed E-state index contributed by atoms with van der Waals surface area (Å²) in [5, 5.41) is 3.77. The van der Waals surface area contributed by atoms with Gasteiger partial charge in [-0.05, 0) is 36.4 Å². The first-order valence-electron chi connectivity index (χ1n) is 7.11. The maximum absolute atomic E-state index is 12.1. The number of rotatable bonds is 7. The third-order valence-corrected chi connectivity index (χ3v) is 4.50. The summed E-state index contributed by atoms with van der Waals surface area (Å²) < 4.78 is 40.0. The average Bonchev–Trinajstić information content (AvgIpc) is 2.61.